The number of aromatic nitrogens is 2. The summed E-state index contributed by atoms with van der Waals surface area (Å²) in [6.45, 7) is 9.68. The zero-order chi connectivity index (χ0) is 12.0. The molecular formula is C13H23N3. The lowest BCUT2D eigenvalue weighted by Crippen LogP contribution is -2.30. The molecule has 0 fully saturated rings. The number of rotatable bonds is 6. The second-order valence-corrected chi connectivity index (χ2v) is 4.46. The zero-order valence-electron chi connectivity index (χ0n) is 10.8. The predicted molar refractivity (Wildman–Crippen MR) is 67.6 cm³/mol. The monoisotopic (exact) mass is 221 g/mol. The van der Waals surface area contributed by atoms with Crippen LogP contribution >= 0.6 is 0 Å². The second kappa shape index (κ2) is 6.59. The fourth-order valence-electron chi connectivity index (χ4n) is 1.74. The summed E-state index contributed by atoms with van der Waals surface area (Å²) in [6.07, 6.45) is 3.81. The van der Waals surface area contributed by atoms with Crippen molar-refractivity contribution in [3.63, 3.8) is 0 Å². The van der Waals surface area contributed by atoms with Crippen LogP contribution < -0.4 is 5.32 Å². The molecule has 1 rings (SSSR count). The maximum atomic E-state index is 4.34. The van der Waals surface area contributed by atoms with E-state index in [1.54, 1.807) is 6.33 Å². The van der Waals surface area contributed by atoms with Crippen molar-refractivity contribution in [1.29, 1.82) is 0 Å². The Morgan fingerprint density at radius 2 is 2.00 bits per heavy atom. The standard InChI is InChI=1S/C13H23N3/c1-5-11(14-6-2)7-12-8-13(10(3)4)16-9-15-12/h8-11,14H,5-7H2,1-4H3. The third-order valence-corrected chi connectivity index (χ3v) is 2.78. The van der Waals surface area contributed by atoms with Gasteiger partial charge in [-0.25, -0.2) is 9.97 Å². The summed E-state index contributed by atoms with van der Waals surface area (Å²) >= 11 is 0. The van der Waals surface area contributed by atoms with Crippen LogP contribution in [0.3, 0.4) is 0 Å². The van der Waals surface area contributed by atoms with Gasteiger partial charge in [0.2, 0.25) is 0 Å². The van der Waals surface area contributed by atoms with Gasteiger partial charge in [0.15, 0.2) is 0 Å². The quantitative estimate of drug-likeness (QED) is 0.802. The summed E-state index contributed by atoms with van der Waals surface area (Å²) in [6, 6.07) is 2.66. The molecule has 16 heavy (non-hydrogen) atoms. The predicted octanol–water partition coefficient (Wildman–Crippen LogP) is 2.53. The molecule has 1 unspecified atom stereocenters. The third-order valence-electron chi connectivity index (χ3n) is 2.78. The van der Waals surface area contributed by atoms with Gasteiger partial charge in [-0.3, -0.25) is 0 Å². The lowest BCUT2D eigenvalue weighted by Gasteiger charge is -2.15. The number of hydrogen-bond acceptors (Lipinski definition) is 3. The van der Waals surface area contributed by atoms with E-state index in [2.05, 4.69) is 49.0 Å². The minimum atomic E-state index is 0.473. The van der Waals surface area contributed by atoms with Crippen LogP contribution in [-0.2, 0) is 6.42 Å². The van der Waals surface area contributed by atoms with Crippen LogP contribution in [0.2, 0.25) is 0 Å². The smallest absolute Gasteiger partial charge is 0.115 e. The van der Waals surface area contributed by atoms with Gasteiger partial charge in [0.05, 0.1) is 0 Å². The van der Waals surface area contributed by atoms with Crippen LogP contribution in [0.25, 0.3) is 0 Å². The fourth-order valence-corrected chi connectivity index (χ4v) is 1.74. The highest BCUT2D eigenvalue weighted by Gasteiger charge is 2.08. The molecule has 0 spiro atoms. The first-order valence-electron chi connectivity index (χ1n) is 6.21. The molecule has 0 aliphatic rings. The molecule has 1 aromatic heterocycles. The molecular weight excluding hydrogens is 198 g/mol. The van der Waals surface area contributed by atoms with Gasteiger partial charge in [0.1, 0.15) is 6.33 Å². The van der Waals surface area contributed by atoms with Gasteiger partial charge in [0, 0.05) is 23.9 Å². The molecule has 0 saturated carbocycles. The van der Waals surface area contributed by atoms with E-state index in [-0.39, 0.29) is 0 Å². The maximum absolute atomic E-state index is 4.34. The zero-order valence-corrected chi connectivity index (χ0v) is 10.8. The maximum Gasteiger partial charge on any atom is 0.115 e. The number of likely N-dealkylation sites (N-methyl/N-ethyl adjacent to an activating group) is 1. The van der Waals surface area contributed by atoms with E-state index >= 15 is 0 Å². The molecule has 1 heterocycles. The molecule has 1 atom stereocenters. The van der Waals surface area contributed by atoms with Crippen molar-refractivity contribution in [3.8, 4) is 0 Å². The van der Waals surface area contributed by atoms with Gasteiger partial charge in [-0.05, 0) is 24.9 Å². The molecule has 0 amide bonds. The first-order chi connectivity index (χ1) is 7.67. The van der Waals surface area contributed by atoms with E-state index in [0.29, 0.717) is 12.0 Å². The molecule has 0 aromatic carbocycles. The van der Waals surface area contributed by atoms with E-state index in [1.165, 1.54) is 0 Å². The first kappa shape index (κ1) is 13.1. The van der Waals surface area contributed by atoms with Crippen molar-refractivity contribution < 1.29 is 0 Å². The Hall–Kier alpha value is -0.960. The SMILES string of the molecule is CCNC(CC)Cc1cc(C(C)C)ncn1. The van der Waals surface area contributed by atoms with E-state index in [1.807, 2.05) is 0 Å². The van der Waals surface area contributed by atoms with Crippen molar-refractivity contribution in [1.82, 2.24) is 15.3 Å². The summed E-state index contributed by atoms with van der Waals surface area (Å²) in [5, 5.41) is 3.47. The molecule has 3 nitrogen and oxygen atoms in total. The number of nitrogens with one attached hydrogen (secondary N) is 1. The van der Waals surface area contributed by atoms with Crippen LogP contribution in [0.1, 0.15) is 51.4 Å². The van der Waals surface area contributed by atoms with Gasteiger partial charge < -0.3 is 5.32 Å². The highest BCUT2D eigenvalue weighted by molar-refractivity contribution is 5.12. The molecule has 0 aliphatic carbocycles. The molecule has 3 heteroatoms. The third kappa shape index (κ3) is 3.89. The Bertz CT molecular complexity index is 310. The molecule has 1 N–H and O–H groups in total. The van der Waals surface area contributed by atoms with Crippen LogP contribution in [0.4, 0.5) is 0 Å². The van der Waals surface area contributed by atoms with Crippen LogP contribution in [0, 0.1) is 0 Å². The normalized spacial score (nSPS) is 13.1. The lowest BCUT2D eigenvalue weighted by atomic mass is 10.1. The second-order valence-electron chi connectivity index (χ2n) is 4.46. The number of hydrogen-bond donors (Lipinski definition) is 1. The molecule has 0 saturated heterocycles. The Labute approximate surface area is 98.7 Å². The summed E-state index contributed by atoms with van der Waals surface area (Å²) < 4.78 is 0. The van der Waals surface area contributed by atoms with Crippen molar-refractivity contribution >= 4 is 0 Å². The molecule has 0 aliphatic heterocycles. The van der Waals surface area contributed by atoms with Crippen LogP contribution in [0.5, 0.6) is 0 Å². The Kier molecular flexibility index (Phi) is 5.39. The summed E-state index contributed by atoms with van der Waals surface area (Å²) in [5.74, 6) is 0.473. The van der Waals surface area contributed by atoms with E-state index in [0.717, 1.165) is 30.8 Å². The van der Waals surface area contributed by atoms with E-state index < -0.39 is 0 Å². The fraction of sp³-hybridized carbons (Fsp3) is 0.692. The van der Waals surface area contributed by atoms with Gasteiger partial charge in [0.25, 0.3) is 0 Å². The summed E-state index contributed by atoms with van der Waals surface area (Å²) in [5.41, 5.74) is 2.28. The van der Waals surface area contributed by atoms with Crippen molar-refractivity contribution in [3.05, 3.63) is 23.8 Å². The van der Waals surface area contributed by atoms with Crippen molar-refractivity contribution in [2.75, 3.05) is 6.54 Å². The topological polar surface area (TPSA) is 37.8 Å². The largest absolute Gasteiger partial charge is 0.314 e. The first-order valence-corrected chi connectivity index (χ1v) is 6.21. The molecule has 90 valence electrons. The Morgan fingerprint density at radius 1 is 1.25 bits per heavy atom. The van der Waals surface area contributed by atoms with Gasteiger partial charge in [-0.2, -0.15) is 0 Å². The van der Waals surface area contributed by atoms with Crippen molar-refractivity contribution in [2.24, 2.45) is 0 Å². The summed E-state index contributed by atoms with van der Waals surface area (Å²) in [4.78, 5) is 8.63. The number of nitrogens with zero attached hydrogens (tertiary/aromatic N) is 2. The van der Waals surface area contributed by atoms with Gasteiger partial charge in [-0.15, -0.1) is 0 Å². The minimum absolute atomic E-state index is 0.473. The highest BCUT2D eigenvalue weighted by atomic mass is 14.9. The molecule has 1 aromatic rings. The van der Waals surface area contributed by atoms with E-state index in [9.17, 15) is 0 Å². The molecule has 0 radical (unpaired) electrons. The van der Waals surface area contributed by atoms with Crippen LogP contribution in [-0.4, -0.2) is 22.6 Å². The molecule has 0 bridgehead atoms. The van der Waals surface area contributed by atoms with E-state index in [4.69, 9.17) is 0 Å². The highest BCUT2D eigenvalue weighted by Crippen LogP contribution is 2.12. The average molecular weight is 221 g/mol. The van der Waals surface area contributed by atoms with Crippen molar-refractivity contribution in [2.45, 2.75) is 52.5 Å². The lowest BCUT2D eigenvalue weighted by molar-refractivity contribution is 0.504. The average Bonchev–Trinajstić information content (AvgIpc) is 2.29. The Balaban J connectivity index is 2.68. The van der Waals surface area contributed by atoms with Gasteiger partial charge in [-0.1, -0.05) is 27.7 Å². The van der Waals surface area contributed by atoms with Gasteiger partial charge >= 0.3 is 0 Å². The van der Waals surface area contributed by atoms with Crippen LogP contribution in [0.15, 0.2) is 12.4 Å². The Morgan fingerprint density at radius 3 is 2.56 bits per heavy atom. The summed E-state index contributed by atoms with van der Waals surface area (Å²) in [7, 11) is 0. The minimum Gasteiger partial charge on any atom is -0.314 e.